The van der Waals surface area contributed by atoms with Gasteiger partial charge < -0.3 is 29.2 Å². The van der Waals surface area contributed by atoms with E-state index in [0.717, 1.165) is 65.1 Å². The van der Waals surface area contributed by atoms with Gasteiger partial charge in [0.2, 0.25) is 11.8 Å². The number of aryl methyl sites for hydroxylation is 1. The summed E-state index contributed by atoms with van der Waals surface area (Å²) in [5, 5.41) is 1.00. The van der Waals surface area contributed by atoms with E-state index in [1.54, 1.807) is 19.1 Å². The van der Waals surface area contributed by atoms with Crippen molar-refractivity contribution in [1.29, 1.82) is 0 Å². The number of likely N-dealkylation sites (tertiary alicyclic amines) is 1. The number of carbonyl (C=O) groups is 2. The number of aromatic nitrogens is 5. The van der Waals surface area contributed by atoms with Crippen molar-refractivity contribution in [2.24, 2.45) is 24.6 Å². The van der Waals surface area contributed by atoms with Crippen LogP contribution in [-0.2, 0) is 18.4 Å². The van der Waals surface area contributed by atoms with Crippen LogP contribution in [0.15, 0.2) is 42.5 Å². The summed E-state index contributed by atoms with van der Waals surface area (Å²) < 4.78 is 15.9. The quantitative estimate of drug-likeness (QED) is 0.252. The second-order valence-corrected chi connectivity index (χ2v) is 14.0. The standard InChI is InChI=1S/C37H40N8O4/c1-42-33-26(15-23(17-29(33)48-2)37(47)45-19-22-9-12-27(45)32(22)38)40-35(42)28-16-21-8-11-25(39-34(21)44(28)18-20-6-7-20)24-10-13-30(41-36(24)49-3)43-14-4-5-31(43)46/h8,10-11,13,15-17,20,22,27,32H,4-7,9,12,14,18-19,38H2,1-3H3. The van der Waals surface area contributed by atoms with Crippen molar-refractivity contribution < 1.29 is 19.1 Å². The second-order valence-electron chi connectivity index (χ2n) is 14.0. The summed E-state index contributed by atoms with van der Waals surface area (Å²) in [5.74, 6) is 3.43. The summed E-state index contributed by atoms with van der Waals surface area (Å²) in [4.78, 5) is 44.9. The first kappa shape index (κ1) is 30.1. The van der Waals surface area contributed by atoms with Crippen LogP contribution in [0.1, 0.15) is 48.9 Å². The topological polar surface area (TPSA) is 134 Å². The molecule has 2 bridgehead atoms. The summed E-state index contributed by atoms with van der Waals surface area (Å²) >= 11 is 0. The fourth-order valence-electron chi connectivity index (χ4n) is 8.29. The van der Waals surface area contributed by atoms with E-state index < -0.39 is 0 Å². The molecule has 4 fully saturated rings. The van der Waals surface area contributed by atoms with Crippen molar-refractivity contribution in [2.75, 3.05) is 32.2 Å². The second kappa shape index (κ2) is 11.3. The molecule has 0 radical (unpaired) electrons. The molecule has 3 atom stereocenters. The van der Waals surface area contributed by atoms with Crippen LogP contribution in [-0.4, -0.2) is 80.2 Å². The third-order valence-corrected chi connectivity index (χ3v) is 11.1. The first-order valence-corrected chi connectivity index (χ1v) is 17.3. The highest BCUT2D eigenvalue weighted by Crippen LogP contribution is 2.41. The van der Waals surface area contributed by atoms with Crippen LogP contribution in [0.5, 0.6) is 11.6 Å². The van der Waals surface area contributed by atoms with Gasteiger partial charge >= 0.3 is 0 Å². The van der Waals surface area contributed by atoms with Crippen molar-refractivity contribution in [3.63, 3.8) is 0 Å². The van der Waals surface area contributed by atoms with Crippen LogP contribution < -0.4 is 20.1 Å². The lowest BCUT2D eigenvalue weighted by Gasteiger charge is -2.27. The number of hydrogen-bond acceptors (Lipinski definition) is 8. The maximum absolute atomic E-state index is 13.8. The highest BCUT2D eigenvalue weighted by Gasteiger charge is 2.47. The minimum absolute atomic E-state index is 0.0143. The molecule has 1 aromatic carbocycles. The average Bonchev–Trinajstić information content (AvgIpc) is 3.35. The third-order valence-electron chi connectivity index (χ3n) is 11.1. The summed E-state index contributed by atoms with van der Waals surface area (Å²) in [5.41, 5.74) is 11.9. The summed E-state index contributed by atoms with van der Waals surface area (Å²) in [6.07, 6.45) is 5.77. The normalized spacial score (nSPS) is 21.9. The Labute approximate surface area is 283 Å². The molecule has 2 aliphatic carbocycles. The van der Waals surface area contributed by atoms with Crippen molar-refractivity contribution >= 4 is 39.7 Å². The number of nitrogens with two attached hydrogens (primary N) is 1. The van der Waals surface area contributed by atoms with Crippen LogP contribution in [0.2, 0.25) is 0 Å². The first-order valence-electron chi connectivity index (χ1n) is 17.3. The number of hydrogen-bond donors (Lipinski definition) is 1. The van der Waals surface area contributed by atoms with E-state index in [9.17, 15) is 9.59 Å². The van der Waals surface area contributed by atoms with Crippen LogP contribution in [0.4, 0.5) is 5.82 Å². The number of imidazole rings is 1. The van der Waals surface area contributed by atoms with Gasteiger partial charge in [-0.25, -0.2) is 9.97 Å². The summed E-state index contributed by atoms with van der Waals surface area (Å²) in [6.45, 7) is 2.19. The average molecular weight is 661 g/mol. The Hall–Kier alpha value is -4.97. The summed E-state index contributed by atoms with van der Waals surface area (Å²) in [6, 6.07) is 13.9. The van der Waals surface area contributed by atoms with Gasteiger partial charge in [0.25, 0.3) is 5.91 Å². The first-order chi connectivity index (χ1) is 23.8. The maximum atomic E-state index is 13.8. The van der Waals surface area contributed by atoms with Crippen molar-refractivity contribution in [2.45, 2.75) is 57.2 Å². The lowest BCUT2D eigenvalue weighted by Crippen LogP contribution is -2.41. The van der Waals surface area contributed by atoms with Crippen molar-refractivity contribution in [3.8, 4) is 34.4 Å². The molecule has 252 valence electrons. The van der Waals surface area contributed by atoms with E-state index in [1.165, 1.54) is 12.8 Å². The Morgan fingerprint density at radius 1 is 1.00 bits per heavy atom. The number of methoxy groups -OCH3 is 2. The molecule has 4 aromatic heterocycles. The van der Waals surface area contributed by atoms with Crippen molar-refractivity contribution in [1.82, 2.24) is 29.0 Å². The predicted molar refractivity (Wildman–Crippen MR) is 186 cm³/mol. The number of benzene rings is 1. The Kier molecular flexibility index (Phi) is 6.94. The van der Waals surface area contributed by atoms with Gasteiger partial charge in [-0.1, -0.05) is 0 Å². The molecule has 12 heteroatoms. The van der Waals surface area contributed by atoms with E-state index in [-0.39, 0.29) is 23.9 Å². The van der Waals surface area contributed by atoms with E-state index in [1.807, 2.05) is 42.3 Å². The molecule has 3 unspecified atom stereocenters. The molecular weight excluding hydrogens is 620 g/mol. The van der Waals surface area contributed by atoms with E-state index >= 15 is 0 Å². The van der Waals surface area contributed by atoms with Crippen molar-refractivity contribution in [3.05, 3.63) is 48.0 Å². The molecule has 9 rings (SSSR count). The number of fused-ring (bicyclic) bond motifs is 4. The molecule has 4 aliphatic rings. The zero-order valence-electron chi connectivity index (χ0n) is 28.1. The van der Waals surface area contributed by atoms with Gasteiger partial charge in [0, 0.05) is 56.1 Å². The van der Waals surface area contributed by atoms with Crippen LogP contribution in [0, 0.1) is 11.8 Å². The SMILES string of the molecule is COc1nc(N2CCCC2=O)ccc1-c1ccc2cc(-c3nc4cc(C(=O)N5CC6CCC5C6N)cc(OC)c4n3C)n(CC3CC3)c2n1. The lowest BCUT2D eigenvalue weighted by molar-refractivity contribution is -0.117. The molecule has 2 N–H and O–H groups in total. The molecule has 2 amide bonds. The molecule has 12 nitrogen and oxygen atoms in total. The van der Waals surface area contributed by atoms with Crippen LogP contribution >= 0.6 is 0 Å². The maximum Gasteiger partial charge on any atom is 0.254 e. The van der Waals surface area contributed by atoms with Gasteiger partial charge in [0.15, 0.2) is 5.82 Å². The molecule has 2 aliphatic heterocycles. The number of pyridine rings is 2. The van der Waals surface area contributed by atoms with Crippen LogP contribution in [0.25, 0.3) is 44.8 Å². The number of piperidine rings is 1. The van der Waals surface area contributed by atoms with Gasteiger partial charge in [-0.15, -0.1) is 0 Å². The minimum Gasteiger partial charge on any atom is -0.494 e. The largest absolute Gasteiger partial charge is 0.494 e. The Bertz CT molecular complexity index is 2170. The number of rotatable bonds is 8. The zero-order chi connectivity index (χ0) is 33.6. The monoisotopic (exact) mass is 660 g/mol. The molecule has 6 heterocycles. The number of carbonyl (C=O) groups excluding carboxylic acids is 2. The Morgan fingerprint density at radius 2 is 1.86 bits per heavy atom. The molecule has 2 saturated heterocycles. The van der Waals surface area contributed by atoms with E-state index in [0.29, 0.717) is 59.9 Å². The molecular formula is C37H40N8O4. The molecule has 2 saturated carbocycles. The summed E-state index contributed by atoms with van der Waals surface area (Å²) in [7, 11) is 5.23. The predicted octanol–water partition coefficient (Wildman–Crippen LogP) is 4.77. The number of nitrogens with zero attached hydrogens (tertiary/aromatic N) is 7. The Morgan fingerprint density at radius 3 is 2.55 bits per heavy atom. The smallest absolute Gasteiger partial charge is 0.254 e. The molecule has 49 heavy (non-hydrogen) atoms. The van der Waals surface area contributed by atoms with E-state index in [4.69, 9.17) is 30.2 Å². The highest BCUT2D eigenvalue weighted by molar-refractivity contribution is 6.00. The lowest BCUT2D eigenvalue weighted by atomic mass is 10.1. The minimum atomic E-state index is -0.0143. The van der Waals surface area contributed by atoms with Gasteiger partial charge in [-0.05, 0) is 86.4 Å². The van der Waals surface area contributed by atoms with E-state index in [2.05, 4.69) is 21.3 Å². The van der Waals surface area contributed by atoms with Crippen LogP contribution in [0.3, 0.4) is 0 Å². The molecule has 5 aromatic rings. The number of anilines is 1. The number of amides is 2. The molecule has 0 spiro atoms. The van der Waals surface area contributed by atoms with Gasteiger partial charge in [0.05, 0.1) is 36.7 Å². The van der Waals surface area contributed by atoms with Gasteiger partial charge in [-0.2, -0.15) is 4.98 Å². The number of ether oxygens (including phenoxy) is 2. The Balaban J connectivity index is 1.13. The third kappa shape index (κ3) is 4.79. The fourth-order valence-corrected chi connectivity index (χ4v) is 8.29. The van der Waals surface area contributed by atoms with Gasteiger partial charge in [-0.3, -0.25) is 14.5 Å². The zero-order valence-corrected chi connectivity index (χ0v) is 28.1. The highest BCUT2D eigenvalue weighted by atomic mass is 16.5. The van der Waals surface area contributed by atoms with Gasteiger partial charge in [0.1, 0.15) is 22.7 Å². The fraction of sp³-hybridized carbons (Fsp3) is 0.432.